The lowest BCUT2D eigenvalue weighted by atomic mass is 9.81. The summed E-state index contributed by atoms with van der Waals surface area (Å²) in [5.74, 6) is -0.145. The second kappa shape index (κ2) is 5.16. The predicted molar refractivity (Wildman–Crippen MR) is 69.3 cm³/mol. The highest BCUT2D eigenvalue weighted by molar-refractivity contribution is 6.32. The molecule has 1 aromatic carbocycles. The van der Waals surface area contributed by atoms with Gasteiger partial charge in [0.15, 0.2) is 0 Å². The first-order valence-corrected chi connectivity index (χ1v) is 6.22. The van der Waals surface area contributed by atoms with E-state index in [1.165, 1.54) is 0 Å². The highest BCUT2D eigenvalue weighted by atomic mass is 35.5. The summed E-state index contributed by atoms with van der Waals surface area (Å²) in [6, 6.07) is 5.42. The molecular weight excluding hydrogens is 254 g/mol. The summed E-state index contributed by atoms with van der Waals surface area (Å²) >= 11 is 6.05. The molecule has 0 aromatic heterocycles. The van der Waals surface area contributed by atoms with Crippen LogP contribution in [-0.2, 0) is 11.2 Å². The first kappa shape index (κ1) is 13.2. The summed E-state index contributed by atoms with van der Waals surface area (Å²) < 4.78 is 5.08. The van der Waals surface area contributed by atoms with E-state index in [1.807, 2.05) is 6.07 Å². The van der Waals surface area contributed by atoms with Crippen LogP contribution in [0.1, 0.15) is 12.0 Å². The molecule has 4 nitrogen and oxygen atoms in total. The van der Waals surface area contributed by atoms with Crippen molar-refractivity contribution in [3.63, 3.8) is 0 Å². The number of ether oxygens (including phenoxy) is 1. The van der Waals surface area contributed by atoms with Gasteiger partial charge in [0, 0.05) is 6.54 Å². The summed E-state index contributed by atoms with van der Waals surface area (Å²) in [4.78, 5) is 11.4. The van der Waals surface area contributed by atoms with Crippen molar-refractivity contribution in [1.82, 2.24) is 5.32 Å². The Kier molecular flexibility index (Phi) is 3.78. The third kappa shape index (κ3) is 2.44. The SMILES string of the molecule is COc1ccc(CC2(C(=O)O)CCNC2)cc1Cl. The van der Waals surface area contributed by atoms with Crippen molar-refractivity contribution in [3.8, 4) is 5.75 Å². The number of aliphatic carboxylic acids is 1. The lowest BCUT2D eigenvalue weighted by molar-refractivity contribution is -0.147. The molecule has 1 aliphatic heterocycles. The molecule has 1 saturated heterocycles. The monoisotopic (exact) mass is 269 g/mol. The average molecular weight is 270 g/mol. The van der Waals surface area contributed by atoms with Crippen LogP contribution in [0, 0.1) is 5.41 Å². The zero-order chi connectivity index (χ0) is 13.2. The zero-order valence-electron chi connectivity index (χ0n) is 10.2. The maximum Gasteiger partial charge on any atom is 0.311 e. The summed E-state index contributed by atoms with van der Waals surface area (Å²) in [5.41, 5.74) is 0.213. The molecule has 5 heteroatoms. The molecule has 1 unspecified atom stereocenters. The van der Waals surface area contributed by atoms with Crippen LogP contribution >= 0.6 is 11.6 Å². The maximum atomic E-state index is 11.4. The van der Waals surface area contributed by atoms with Crippen molar-refractivity contribution in [2.75, 3.05) is 20.2 Å². The fourth-order valence-electron chi connectivity index (χ4n) is 2.36. The molecule has 0 spiro atoms. The molecule has 98 valence electrons. The van der Waals surface area contributed by atoms with Crippen molar-refractivity contribution in [3.05, 3.63) is 28.8 Å². The number of nitrogens with one attached hydrogen (secondary N) is 1. The van der Waals surface area contributed by atoms with Gasteiger partial charge in [0.25, 0.3) is 0 Å². The smallest absolute Gasteiger partial charge is 0.311 e. The first-order valence-electron chi connectivity index (χ1n) is 5.84. The zero-order valence-corrected chi connectivity index (χ0v) is 11.0. The van der Waals surface area contributed by atoms with E-state index in [4.69, 9.17) is 16.3 Å². The van der Waals surface area contributed by atoms with Crippen molar-refractivity contribution in [2.24, 2.45) is 5.41 Å². The Bertz CT molecular complexity index is 456. The largest absolute Gasteiger partial charge is 0.495 e. The van der Waals surface area contributed by atoms with Crippen LogP contribution < -0.4 is 10.1 Å². The molecular formula is C13H16ClNO3. The highest BCUT2D eigenvalue weighted by Crippen LogP contribution is 2.33. The van der Waals surface area contributed by atoms with Gasteiger partial charge in [-0.05, 0) is 37.1 Å². The minimum atomic E-state index is -0.751. The Labute approximate surface area is 111 Å². The fraction of sp³-hybridized carbons (Fsp3) is 0.462. The quantitative estimate of drug-likeness (QED) is 0.877. The molecule has 1 aromatic rings. The maximum absolute atomic E-state index is 11.4. The van der Waals surface area contributed by atoms with Crippen LogP contribution in [0.4, 0.5) is 0 Å². The molecule has 1 aliphatic rings. The van der Waals surface area contributed by atoms with Crippen LogP contribution in [0.3, 0.4) is 0 Å². The molecule has 1 atom stereocenters. The van der Waals surface area contributed by atoms with Crippen LogP contribution in [0.15, 0.2) is 18.2 Å². The van der Waals surface area contributed by atoms with Crippen LogP contribution in [0.5, 0.6) is 5.75 Å². The lowest BCUT2D eigenvalue weighted by Gasteiger charge is -2.23. The van der Waals surface area contributed by atoms with E-state index in [0.717, 1.165) is 12.1 Å². The lowest BCUT2D eigenvalue weighted by Crippen LogP contribution is -2.35. The second-order valence-electron chi connectivity index (χ2n) is 4.66. The third-order valence-electron chi connectivity index (χ3n) is 3.46. The molecule has 2 rings (SSSR count). The van der Waals surface area contributed by atoms with Crippen LogP contribution in [0.25, 0.3) is 0 Å². The Morgan fingerprint density at radius 3 is 2.89 bits per heavy atom. The molecule has 0 aliphatic carbocycles. The van der Waals surface area contributed by atoms with E-state index < -0.39 is 11.4 Å². The number of halogens is 1. The van der Waals surface area contributed by atoms with Gasteiger partial charge in [0.2, 0.25) is 0 Å². The van der Waals surface area contributed by atoms with Crippen LogP contribution in [-0.4, -0.2) is 31.3 Å². The Balaban J connectivity index is 2.22. The number of carboxylic acids is 1. The standard InChI is InChI=1S/C13H16ClNO3/c1-18-11-3-2-9(6-10(11)14)7-13(12(16)17)4-5-15-8-13/h2-3,6,15H,4-5,7-8H2,1H3,(H,16,17). The van der Waals surface area contributed by atoms with E-state index in [9.17, 15) is 9.90 Å². The molecule has 0 amide bonds. The van der Waals surface area contributed by atoms with E-state index >= 15 is 0 Å². The molecule has 18 heavy (non-hydrogen) atoms. The third-order valence-corrected chi connectivity index (χ3v) is 3.75. The number of hydrogen-bond acceptors (Lipinski definition) is 3. The van der Waals surface area contributed by atoms with Gasteiger partial charge in [-0.15, -0.1) is 0 Å². The Hall–Kier alpha value is -1.26. The number of hydrogen-bond donors (Lipinski definition) is 2. The van der Waals surface area contributed by atoms with E-state index in [1.54, 1.807) is 19.2 Å². The van der Waals surface area contributed by atoms with Crippen molar-refractivity contribution >= 4 is 17.6 Å². The average Bonchev–Trinajstić information content (AvgIpc) is 2.79. The van der Waals surface area contributed by atoms with Crippen molar-refractivity contribution < 1.29 is 14.6 Å². The summed E-state index contributed by atoms with van der Waals surface area (Å²) in [5, 5.41) is 13.0. The number of benzene rings is 1. The number of carbonyl (C=O) groups is 1. The number of rotatable bonds is 4. The fourth-order valence-corrected chi connectivity index (χ4v) is 2.64. The van der Waals surface area contributed by atoms with Gasteiger partial charge in [0.05, 0.1) is 17.5 Å². The van der Waals surface area contributed by atoms with Crippen LogP contribution in [0.2, 0.25) is 5.02 Å². The predicted octanol–water partition coefficient (Wildman–Crippen LogP) is 1.96. The highest BCUT2D eigenvalue weighted by Gasteiger charge is 2.41. The molecule has 0 radical (unpaired) electrons. The van der Waals surface area contributed by atoms with Crippen molar-refractivity contribution in [2.45, 2.75) is 12.8 Å². The number of carboxylic acid groups (broad SMARTS) is 1. The van der Waals surface area contributed by atoms with Gasteiger partial charge in [-0.3, -0.25) is 4.79 Å². The van der Waals surface area contributed by atoms with Gasteiger partial charge in [-0.25, -0.2) is 0 Å². The van der Waals surface area contributed by atoms with Gasteiger partial charge >= 0.3 is 5.97 Å². The minimum Gasteiger partial charge on any atom is -0.495 e. The second-order valence-corrected chi connectivity index (χ2v) is 5.07. The van der Waals surface area contributed by atoms with Gasteiger partial charge < -0.3 is 15.2 Å². The molecule has 1 fully saturated rings. The summed E-state index contributed by atoms with van der Waals surface area (Å²) in [6.45, 7) is 1.25. The normalized spacial score (nSPS) is 23.0. The van der Waals surface area contributed by atoms with E-state index in [0.29, 0.717) is 30.2 Å². The molecule has 0 bridgehead atoms. The number of methoxy groups -OCH3 is 1. The van der Waals surface area contributed by atoms with Gasteiger partial charge in [-0.1, -0.05) is 17.7 Å². The van der Waals surface area contributed by atoms with Gasteiger partial charge in [-0.2, -0.15) is 0 Å². The van der Waals surface area contributed by atoms with Gasteiger partial charge in [0.1, 0.15) is 5.75 Å². The van der Waals surface area contributed by atoms with Crippen molar-refractivity contribution in [1.29, 1.82) is 0 Å². The van der Waals surface area contributed by atoms with E-state index in [-0.39, 0.29) is 0 Å². The summed E-state index contributed by atoms with van der Waals surface area (Å²) in [6.07, 6.45) is 1.13. The Morgan fingerprint density at radius 2 is 2.39 bits per heavy atom. The molecule has 2 N–H and O–H groups in total. The first-order chi connectivity index (χ1) is 8.57. The Morgan fingerprint density at radius 1 is 1.61 bits per heavy atom. The minimum absolute atomic E-state index is 0.485. The topological polar surface area (TPSA) is 58.6 Å². The molecule has 0 saturated carbocycles. The summed E-state index contributed by atoms with van der Waals surface area (Å²) in [7, 11) is 1.56. The van der Waals surface area contributed by atoms with E-state index in [2.05, 4.69) is 5.32 Å². The molecule has 1 heterocycles.